The lowest BCUT2D eigenvalue weighted by atomic mass is 9.97. The number of benzene rings is 6. The number of hydrogen-bond donors (Lipinski definition) is 1. The van der Waals surface area contributed by atoms with Gasteiger partial charge in [0, 0.05) is 6.08 Å². The molecular weight excluding hydrogens is 568 g/mol. The van der Waals surface area contributed by atoms with Crippen molar-refractivity contribution in [2.45, 2.75) is 25.7 Å². The van der Waals surface area contributed by atoms with Gasteiger partial charge in [-0.3, -0.25) is 4.79 Å². The van der Waals surface area contributed by atoms with Crippen LogP contribution in [-0.4, -0.2) is 17.5 Å². The van der Waals surface area contributed by atoms with E-state index in [-0.39, 0.29) is 0 Å². The van der Waals surface area contributed by atoms with Gasteiger partial charge in [0.25, 0.3) is 6.47 Å². The standard InChI is InChI=1S/2C21H18O2/c22-16-23-15-21(18-6-2-1-3-7-18)13-11-17-10-12-19-8-4-5-9-20(19)14-17;22-21(23)15-20(17-6-2-1-3-7-17)13-11-16-10-12-18-8-4-5-9-19(18)14-16/h1-10,12,14-16H,11,13H2;1-10,12,14-15H,11,13H2,(H,22,23)/b21-15+;20-15-. The molecule has 4 nitrogen and oxygen atoms in total. The molecule has 6 rings (SSSR count). The molecule has 0 spiro atoms. The Morgan fingerprint density at radius 1 is 0.543 bits per heavy atom. The SMILES string of the molecule is O=C(O)/C=C(/CCc1ccc2ccccc2c1)c1ccccc1.O=CO/C=C(\CCc1ccc2ccccc2c1)c1ccccc1. The van der Waals surface area contributed by atoms with Gasteiger partial charge in [-0.1, -0.05) is 146 Å². The van der Waals surface area contributed by atoms with Crippen molar-refractivity contribution in [3.8, 4) is 0 Å². The number of aryl methyl sites for hydroxylation is 2. The molecule has 0 heterocycles. The van der Waals surface area contributed by atoms with Crippen LogP contribution in [0.25, 0.3) is 32.7 Å². The molecule has 4 heteroatoms. The van der Waals surface area contributed by atoms with Crippen molar-refractivity contribution in [2.24, 2.45) is 0 Å². The minimum atomic E-state index is -0.901. The molecule has 0 fully saturated rings. The highest BCUT2D eigenvalue weighted by Gasteiger charge is 2.06. The van der Waals surface area contributed by atoms with Crippen LogP contribution in [0.15, 0.2) is 158 Å². The molecule has 228 valence electrons. The van der Waals surface area contributed by atoms with Gasteiger partial charge < -0.3 is 9.84 Å². The van der Waals surface area contributed by atoms with Crippen LogP contribution in [0.5, 0.6) is 0 Å². The Bertz CT molecular complexity index is 1960. The van der Waals surface area contributed by atoms with Gasteiger partial charge in [-0.25, -0.2) is 4.79 Å². The highest BCUT2D eigenvalue weighted by Crippen LogP contribution is 2.24. The topological polar surface area (TPSA) is 63.6 Å². The van der Waals surface area contributed by atoms with E-state index in [1.807, 2.05) is 72.8 Å². The van der Waals surface area contributed by atoms with Gasteiger partial charge in [0.05, 0.1) is 6.26 Å². The Kier molecular flexibility index (Phi) is 11.3. The van der Waals surface area contributed by atoms with Crippen LogP contribution in [-0.2, 0) is 27.2 Å². The van der Waals surface area contributed by atoms with Gasteiger partial charge in [-0.15, -0.1) is 0 Å². The zero-order chi connectivity index (χ0) is 32.0. The first kappa shape index (κ1) is 31.7. The monoisotopic (exact) mass is 604 g/mol. The predicted octanol–water partition coefficient (Wildman–Crippen LogP) is 9.93. The van der Waals surface area contributed by atoms with E-state index in [1.165, 1.54) is 38.7 Å². The van der Waals surface area contributed by atoms with E-state index in [9.17, 15) is 9.59 Å². The van der Waals surface area contributed by atoms with Crippen LogP contribution in [0.2, 0.25) is 0 Å². The number of ether oxygens (including phenoxy) is 1. The van der Waals surface area contributed by atoms with Crippen molar-refractivity contribution in [1.82, 2.24) is 0 Å². The van der Waals surface area contributed by atoms with Crippen molar-refractivity contribution in [3.63, 3.8) is 0 Å². The van der Waals surface area contributed by atoms with E-state index < -0.39 is 5.97 Å². The first-order valence-corrected chi connectivity index (χ1v) is 15.4. The summed E-state index contributed by atoms with van der Waals surface area (Å²) in [6, 6.07) is 49.3. The first-order chi connectivity index (χ1) is 22.6. The maximum absolute atomic E-state index is 11.1. The highest BCUT2D eigenvalue weighted by molar-refractivity contribution is 5.90. The number of rotatable bonds is 11. The fourth-order valence-electron chi connectivity index (χ4n) is 5.48. The summed E-state index contributed by atoms with van der Waals surface area (Å²) in [5.74, 6) is -0.901. The van der Waals surface area contributed by atoms with E-state index in [2.05, 4.69) is 72.8 Å². The third kappa shape index (κ3) is 9.13. The second kappa shape index (κ2) is 16.4. The molecule has 0 unspecified atom stereocenters. The van der Waals surface area contributed by atoms with E-state index in [0.29, 0.717) is 12.9 Å². The molecule has 0 saturated heterocycles. The molecule has 0 atom stereocenters. The Balaban J connectivity index is 0.000000181. The minimum absolute atomic E-state index is 0.457. The molecular formula is C42H36O4. The molecule has 0 aliphatic rings. The van der Waals surface area contributed by atoms with E-state index in [0.717, 1.165) is 41.5 Å². The van der Waals surface area contributed by atoms with Gasteiger partial charge in [-0.2, -0.15) is 0 Å². The summed E-state index contributed by atoms with van der Waals surface area (Å²) >= 11 is 0. The molecule has 6 aromatic rings. The molecule has 0 aromatic heterocycles. The average molecular weight is 605 g/mol. The normalized spacial score (nSPS) is 11.5. The largest absolute Gasteiger partial charge is 0.478 e. The molecule has 0 amide bonds. The van der Waals surface area contributed by atoms with Crippen LogP contribution in [0.1, 0.15) is 35.1 Å². The lowest BCUT2D eigenvalue weighted by Crippen LogP contribution is -1.95. The Labute approximate surface area is 269 Å². The van der Waals surface area contributed by atoms with Crippen LogP contribution < -0.4 is 0 Å². The maximum atomic E-state index is 11.1. The van der Waals surface area contributed by atoms with E-state index >= 15 is 0 Å². The summed E-state index contributed by atoms with van der Waals surface area (Å²) in [5, 5.41) is 14.0. The zero-order valence-electron chi connectivity index (χ0n) is 25.6. The van der Waals surface area contributed by atoms with E-state index in [1.54, 1.807) is 6.26 Å². The van der Waals surface area contributed by atoms with Crippen LogP contribution in [0.4, 0.5) is 0 Å². The maximum Gasteiger partial charge on any atom is 0.328 e. The van der Waals surface area contributed by atoms with Crippen molar-refractivity contribution < 1.29 is 19.4 Å². The summed E-state index contributed by atoms with van der Waals surface area (Å²) in [6.07, 6.45) is 6.09. The summed E-state index contributed by atoms with van der Waals surface area (Å²) in [4.78, 5) is 21.6. The second-order valence-electron chi connectivity index (χ2n) is 11.0. The molecule has 0 aliphatic heterocycles. The number of carboxylic acid groups (broad SMARTS) is 1. The third-order valence-electron chi connectivity index (χ3n) is 7.85. The zero-order valence-corrected chi connectivity index (χ0v) is 25.6. The minimum Gasteiger partial charge on any atom is -0.478 e. The van der Waals surface area contributed by atoms with E-state index in [4.69, 9.17) is 9.84 Å². The molecule has 0 bridgehead atoms. The molecule has 0 aliphatic carbocycles. The van der Waals surface area contributed by atoms with Crippen molar-refractivity contribution >= 4 is 45.1 Å². The van der Waals surface area contributed by atoms with Crippen LogP contribution in [0, 0.1) is 0 Å². The summed E-state index contributed by atoms with van der Waals surface area (Å²) < 4.78 is 4.87. The number of fused-ring (bicyclic) bond motifs is 2. The molecule has 6 aromatic carbocycles. The smallest absolute Gasteiger partial charge is 0.328 e. The quantitative estimate of drug-likeness (QED) is 0.0908. The third-order valence-corrected chi connectivity index (χ3v) is 7.85. The summed E-state index contributed by atoms with van der Waals surface area (Å²) in [5.41, 5.74) is 6.41. The number of allylic oxidation sites excluding steroid dienone is 2. The lowest BCUT2D eigenvalue weighted by molar-refractivity contribution is -0.131. The highest BCUT2D eigenvalue weighted by atomic mass is 16.5. The van der Waals surface area contributed by atoms with Crippen molar-refractivity contribution in [1.29, 1.82) is 0 Å². The van der Waals surface area contributed by atoms with Gasteiger partial charge >= 0.3 is 5.97 Å². The number of carbonyl (C=O) groups excluding carboxylic acids is 1. The Hall–Kier alpha value is -5.74. The van der Waals surface area contributed by atoms with Gasteiger partial charge in [0.15, 0.2) is 0 Å². The van der Waals surface area contributed by atoms with Gasteiger partial charge in [0.1, 0.15) is 0 Å². The fourth-order valence-corrected chi connectivity index (χ4v) is 5.48. The molecule has 0 saturated carbocycles. The Morgan fingerprint density at radius 3 is 1.46 bits per heavy atom. The predicted molar refractivity (Wildman–Crippen MR) is 188 cm³/mol. The number of hydrogen-bond acceptors (Lipinski definition) is 3. The van der Waals surface area contributed by atoms with Crippen molar-refractivity contribution in [3.05, 3.63) is 180 Å². The second-order valence-corrected chi connectivity index (χ2v) is 11.0. The van der Waals surface area contributed by atoms with Crippen LogP contribution >= 0.6 is 0 Å². The number of carbonyl (C=O) groups is 2. The van der Waals surface area contributed by atoms with Gasteiger partial charge in [0.2, 0.25) is 0 Å². The molecule has 0 radical (unpaired) electrons. The summed E-state index contributed by atoms with van der Waals surface area (Å²) in [7, 11) is 0. The van der Waals surface area contributed by atoms with Crippen molar-refractivity contribution in [2.75, 3.05) is 0 Å². The molecule has 46 heavy (non-hydrogen) atoms. The number of aliphatic carboxylic acids is 1. The first-order valence-electron chi connectivity index (χ1n) is 15.4. The lowest BCUT2D eigenvalue weighted by Gasteiger charge is -2.08. The summed E-state index contributed by atoms with van der Waals surface area (Å²) in [6.45, 7) is 0.457. The fraction of sp³-hybridized carbons (Fsp3) is 0.0952. The Morgan fingerprint density at radius 2 is 0.978 bits per heavy atom. The van der Waals surface area contributed by atoms with Gasteiger partial charge in [-0.05, 0) is 80.6 Å². The average Bonchev–Trinajstić information content (AvgIpc) is 3.11. The molecule has 1 N–H and O–H groups in total. The number of carboxylic acids is 1. The van der Waals surface area contributed by atoms with Crippen LogP contribution in [0.3, 0.4) is 0 Å².